The van der Waals surface area contributed by atoms with Crippen molar-refractivity contribution in [1.29, 1.82) is 0 Å². The van der Waals surface area contributed by atoms with E-state index in [2.05, 4.69) is 20.9 Å². The molecule has 1 saturated heterocycles. The molecule has 0 saturated carbocycles. The third-order valence-corrected chi connectivity index (χ3v) is 7.69. The number of hydrogen-bond donors (Lipinski definition) is 0. The molecular weight excluding hydrogens is 615 g/mol. The van der Waals surface area contributed by atoms with Crippen LogP contribution in [-0.2, 0) is 16.1 Å². The number of esters is 1. The molecule has 0 unspecified atom stereocenters. The Balaban J connectivity index is 1.54. The molecule has 1 fully saturated rings. The summed E-state index contributed by atoms with van der Waals surface area (Å²) in [5, 5.41) is 1.56. The van der Waals surface area contributed by atoms with Crippen molar-refractivity contribution in [3.05, 3.63) is 90.7 Å². The lowest BCUT2D eigenvalue weighted by atomic mass is 10.1. The number of thioether (sulfide) groups is 1. The summed E-state index contributed by atoms with van der Waals surface area (Å²) >= 11 is 17.0. The van der Waals surface area contributed by atoms with Gasteiger partial charge >= 0.3 is 5.97 Å². The van der Waals surface area contributed by atoms with Crippen LogP contribution in [0.2, 0.25) is 10.0 Å². The van der Waals surface area contributed by atoms with Gasteiger partial charge in [-0.2, -0.15) is 0 Å². The number of benzene rings is 3. The number of carbonyl (C=O) groups is 2. The highest BCUT2D eigenvalue weighted by molar-refractivity contribution is 9.10. The first kappa shape index (κ1) is 28.0. The second-order valence-corrected chi connectivity index (χ2v) is 10.7. The van der Waals surface area contributed by atoms with Crippen molar-refractivity contribution < 1.29 is 23.8 Å². The highest BCUT2D eigenvalue weighted by Gasteiger charge is 2.30. The zero-order chi connectivity index (χ0) is 27.4. The van der Waals surface area contributed by atoms with Crippen molar-refractivity contribution in [3.8, 4) is 11.5 Å². The van der Waals surface area contributed by atoms with Crippen LogP contribution in [0.3, 0.4) is 0 Å². The average molecular weight is 636 g/mol. The van der Waals surface area contributed by atoms with Gasteiger partial charge in [0.1, 0.15) is 6.61 Å². The molecular formula is C27H21BrCl2N2O5S. The molecule has 1 aliphatic rings. The fourth-order valence-electron chi connectivity index (χ4n) is 3.46. The maximum absolute atomic E-state index is 12.9. The molecule has 11 heteroatoms. The molecule has 0 aliphatic carbocycles. The number of rotatable bonds is 7. The fourth-order valence-corrected chi connectivity index (χ4v) is 5.48. The fraction of sp³-hybridized carbons (Fsp3) is 0.148. The lowest BCUT2D eigenvalue weighted by Crippen LogP contribution is -2.23. The Morgan fingerprint density at radius 1 is 1.11 bits per heavy atom. The molecule has 7 nitrogen and oxygen atoms in total. The number of likely N-dealkylation sites (N-methyl/N-ethyl adjacent to an activating group) is 1. The van der Waals surface area contributed by atoms with Gasteiger partial charge in [-0.3, -0.25) is 9.69 Å². The number of methoxy groups -OCH3 is 2. The molecule has 38 heavy (non-hydrogen) atoms. The van der Waals surface area contributed by atoms with Crippen LogP contribution in [-0.4, -0.2) is 43.2 Å². The van der Waals surface area contributed by atoms with Crippen LogP contribution < -0.4 is 9.47 Å². The number of amidine groups is 1. The van der Waals surface area contributed by atoms with Crippen molar-refractivity contribution in [3.63, 3.8) is 0 Å². The lowest BCUT2D eigenvalue weighted by Gasteiger charge is -2.14. The van der Waals surface area contributed by atoms with Gasteiger partial charge < -0.3 is 14.2 Å². The molecule has 1 heterocycles. The van der Waals surface area contributed by atoms with E-state index in [1.54, 1.807) is 68.8 Å². The van der Waals surface area contributed by atoms with Gasteiger partial charge in [-0.1, -0.05) is 29.3 Å². The molecule has 1 aliphatic heterocycles. The monoisotopic (exact) mass is 634 g/mol. The van der Waals surface area contributed by atoms with E-state index >= 15 is 0 Å². The molecule has 0 aromatic heterocycles. The van der Waals surface area contributed by atoms with E-state index in [0.717, 1.165) is 11.1 Å². The third-order valence-electron chi connectivity index (χ3n) is 5.45. The van der Waals surface area contributed by atoms with Crippen LogP contribution in [0.4, 0.5) is 5.69 Å². The predicted molar refractivity (Wildman–Crippen MR) is 155 cm³/mol. The number of hydrogen-bond acceptors (Lipinski definition) is 7. The van der Waals surface area contributed by atoms with Crippen LogP contribution in [0.1, 0.15) is 21.5 Å². The van der Waals surface area contributed by atoms with Crippen LogP contribution >= 0.6 is 50.9 Å². The number of amides is 1. The largest absolute Gasteiger partial charge is 0.493 e. The Morgan fingerprint density at radius 3 is 2.50 bits per heavy atom. The standard InChI is InChI=1S/C27H21BrCl2N2O5S/c1-32-25(33)23(38-27(32)31-19-8-5-16(6-9-19)26(34)36-3)12-15-10-20(28)24(22(11-15)35-2)37-14-17-4-7-18(29)13-21(17)30/h4-13H,14H2,1-3H3. The average Bonchev–Trinajstić information content (AvgIpc) is 3.16. The summed E-state index contributed by atoms with van der Waals surface area (Å²) in [6, 6.07) is 15.5. The lowest BCUT2D eigenvalue weighted by molar-refractivity contribution is -0.121. The van der Waals surface area contributed by atoms with Crippen LogP contribution in [0.25, 0.3) is 6.08 Å². The van der Waals surface area contributed by atoms with E-state index in [-0.39, 0.29) is 12.5 Å². The summed E-state index contributed by atoms with van der Waals surface area (Å²) < 4.78 is 16.9. The molecule has 0 bridgehead atoms. The Bertz CT molecular complexity index is 1460. The van der Waals surface area contributed by atoms with Crippen molar-refractivity contribution >= 4 is 79.7 Å². The summed E-state index contributed by atoms with van der Waals surface area (Å²) in [5.74, 6) is 0.372. The van der Waals surface area contributed by atoms with Crippen molar-refractivity contribution in [2.24, 2.45) is 4.99 Å². The second-order valence-electron chi connectivity index (χ2n) is 7.97. The number of aliphatic imine (C=N–C) groups is 1. The summed E-state index contributed by atoms with van der Waals surface area (Å²) in [6.45, 7) is 0.213. The molecule has 0 N–H and O–H groups in total. The highest BCUT2D eigenvalue weighted by Crippen LogP contribution is 2.40. The van der Waals surface area contributed by atoms with Crippen molar-refractivity contribution in [2.75, 3.05) is 21.3 Å². The van der Waals surface area contributed by atoms with E-state index < -0.39 is 5.97 Å². The number of halogens is 3. The zero-order valence-corrected chi connectivity index (χ0v) is 24.4. The summed E-state index contributed by atoms with van der Waals surface area (Å²) in [4.78, 5) is 31.1. The number of carbonyl (C=O) groups excluding carboxylic acids is 2. The topological polar surface area (TPSA) is 77.4 Å². The SMILES string of the molecule is COC(=O)c1ccc(N=C2SC(=Cc3cc(Br)c(OCc4ccc(Cl)cc4Cl)c(OC)c3)C(=O)N2C)cc1. The number of nitrogens with zero attached hydrogens (tertiary/aromatic N) is 2. The smallest absolute Gasteiger partial charge is 0.337 e. The van der Waals surface area contributed by atoms with Gasteiger partial charge in [-0.05, 0) is 87.9 Å². The Hall–Kier alpha value is -2.98. The van der Waals surface area contributed by atoms with E-state index in [1.807, 2.05) is 6.07 Å². The van der Waals surface area contributed by atoms with Gasteiger partial charge in [0.05, 0.1) is 34.8 Å². The predicted octanol–water partition coefficient (Wildman–Crippen LogP) is 7.36. The van der Waals surface area contributed by atoms with Crippen LogP contribution in [0, 0.1) is 0 Å². The Labute approximate surface area is 242 Å². The Morgan fingerprint density at radius 2 is 1.84 bits per heavy atom. The quantitative estimate of drug-likeness (QED) is 0.199. The van der Waals surface area contributed by atoms with Gasteiger partial charge in [0, 0.05) is 22.7 Å². The minimum atomic E-state index is -0.427. The van der Waals surface area contributed by atoms with Gasteiger partial charge in [0.25, 0.3) is 5.91 Å². The molecule has 0 radical (unpaired) electrons. The second kappa shape index (κ2) is 12.3. The molecule has 3 aromatic carbocycles. The maximum Gasteiger partial charge on any atom is 0.337 e. The normalized spacial score (nSPS) is 15.3. The minimum absolute atomic E-state index is 0.187. The molecule has 0 spiro atoms. The highest BCUT2D eigenvalue weighted by atomic mass is 79.9. The summed E-state index contributed by atoms with van der Waals surface area (Å²) in [6.07, 6.45) is 1.76. The first-order chi connectivity index (χ1) is 18.2. The molecule has 196 valence electrons. The number of ether oxygens (including phenoxy) is 3. The summed E-state index contributed by atoms with van der Waals surface area (Å²) in [5.41, 5.74) is 2.54. The minimum Gasteiger partial charge on any atom is -0.493 e. The van der Waals surface area contributed by atoms with Crippen molar-refractivity contribution in [2.45, 2.75) is 6.61 Å². The maximum atomic E-state index is 12.9. The van der Waals surface area contributed by atoms with Crippen LogP contribution in [0.15, 0.2) is 69.0 Å². The van der Waals surface area contributed by atoms with E-state index in [0.29, 0.717) is 47.3 Å². The van der Waals surface area contributed by atoms with E-state index in [9.17, 15) is 9.59 Å². The first-order valence-electron chi connectivity index (χ1n) is 11.1. The molecule has 3 aromatic rings. The molecule has 0 atom stereocenters. The van der Waals surface area contributed by atoms with Gasteiger partial charge in [-0.25, -0.2) is 9.79 Å². The third kappa shape index (κ3) is 6.35. The molecule has 4 rings (SSSR count). The van der Waals surface area contributed by atoms with Crippen LogP contribution in [0.5, 0.6) is 11.5 Å². The van der Waals surface area contributed by atoms with Crippen molar-refractivity contribution in [1.82, 2.24) is 4.90 Å². The Kier molecular flexibility index (Phi) is 9.04. The first-order valence-corrected chi connectivity index (χ1v) is 13.5. The van der Waals surface area contributed by atoms with E-state index in [4.69, 9.17) is 37.4 Å². The zero-order valence-electron chi connectivity index (χ0n) is 20.5. The van der Waals surface area contributed by atoms with E-state index in [1.165, 1.54) is 23.8 Å². The summed E-state index contributed by atoms with van der Waals surface area (Å²) in [7, 11) is 4.53. The molecule has 1 amide bonds. The van der Waals surface area contributed by atoms with Gasteiger partial charge in [0.15, 0.2) is 16.7 Å². The van der Waals surface area contributed by atoms with Gasteiger partial charge in [0.2, 0.25) is 0 Å². The van der Waals surface area contributed by atoms with Gasteiger partial charge in [-0.15, -0.1) is 0 Å².